The maximum atomic E-state index is 4.45. The van der Waals surface area contributed by atoms with Crippen molar-refractivity contribution in [1.29, 1.82) is 0 Å². The number of aromatic nitrogens is 2. The van der Waals surface area contributed by atoms with E-state index >= 15 is 0 Å². The van der Waals surface area contributed by atoms with E-state index < -0.39 is 0 Å². The van der Waals surface area contributed by atoms with Crippen molar-refractivity contribution in [2.75, 3.05) is 0 Å². The van der Waals surface area contributed by atoms with E-state index in [0.29, 0.717) is 5.92 Å². The third-order valence-electron chi connectivity index (χ3n) is 3.44. The molecule has 2 rings (SSSR count). The number of aryl methyl sites for hydroxylation is 1. The Balaban J connectivity index is 2.24. The fourth-order valence-corrected chi connectivity index (χ4v) is 2.42. The van der Waals surface area contributed by atoms with Gasteiger partial charge in [0.1, 0.15) is 5.82 Å². The van der Waals surface area contributed by atoms with Crippen molar-refractivity contribution in [3.8, 4) is 0 Å². The summed E-state index contributed by atoms with van der Waals surface area (Å²) in [6, 6.07) is 10.6. The highest BCUT2D eigenvalue weighted by atomic mass is 14.9. The van der Waals surface area contributed by atoms with Gasteiger partial charge in [0.15, 0.2) is 0 Å². The predicted octanol–water partition coefficient (Wildman–Crippen LogP) is 4.50. The van der Waals surface area contributed by atoms with E-state index in [2.05, 4.69) is 48.1 Å². The van der Waals surface area contributed by atoms with Crippen molar-refractivity contribution < 1.29 is 0 Å². The molecule has 0 N–H and O–H groups in total. The maximum absolute atomic E-state index is 4.45. The van der Waals surface area contributed by atoms with Gasteiger partial charge in [0.2, 0.25) is 0 Å². The minimum atomic E-state index is 0.327. The Morgan fingerprint density at radius 2 is 1.84 bits per heavy atom. The molecule has 2 nitrogen and oxygen atoms in total. The summed E-state index contributed by atoms with van der Waals surface area (Å²) in [4.78, 5) is 8.91. The molecular weight excluding hydrogens is 232 g/mol. The SMILES string of the molecule is CCCCCC(c1cccc(C)c1)c1ncccn1. The molecule has 100 valence electrons. The van der Waals surface area contributed by atoms with Gasteiger partial charge in [-0.25, -0.2) is 9.97 Å². The van der Waals surface area contributed by atoms with Gasteiger partial charge in [-0.3, -0.25) is 0 Å². The molecule has 0 saturated heterocycles. The van der Waals surface area contributed by atoms with Crippen LogP contribution in [-0.2, 0) is 0 Å². The molecular formula is C17H22N2. The maximum Gasteiger partial charge on any atom is 0.135 e. The number of hydrogen-bond acceptors (Lipinski definition) is 2. The van der Waals surface area contributed by atoms with E-state index in [4.69, 9.17) is 0 Å². The molecule has 1 heterocycles. The number of nitrogens with zero attached hydrogens (tertiary/aromatic N) is 2. The molecule has 19 heavy (non-hydrogen) atoms. The highest BCUT2D eigenvalue weighted by Crippen LogP contribution is 2.27. The van der Waals surface area contributed by atoms with Crippen LogP contribution >= 0.6 is 0 Å². The topological polar surface area (TPSA) is 25.8 Å². The number of unbranched alkanes of at least 4 members (excludes halogenated alkanes) is 2. The molecule has 0 aliphatic heterocycles. The van der Waals surface area contributed by atoms with Crippen molar-refractivity contribution in [2.45, 2.75) is 45.4 Å². The van der Waals surface area contributed by atoms with Gasteiger partial charge in [-0.2, -0.15) is 0 Å². The molecule has 0 aliphatic rings. The molecule has 1 atom stereocenters. The first-order valence-corrected chi connectivity index (χ1v) is 7.14. The van der Waals surface area contributed by atoms with Crippen LogP contribution in [0.1, 0.15) is 55.5 Å². The molecule has 1 aromatic heterocycles. The van der Waals surface area contributed by atoms with E-state index in [1.54, 1.807) is 0 Å². The first-order valence-electron chi connectivity index (χ1n) is 7.14. The lowest BCUT2D eigenvalue weighted by Crippen LogP contribution is -2.06. The zero-order valence-corrected chi connectivity index (χ0v) is 11.8. The van der Waals surface area contributed by atoms with Gasteiger partial charge >= 0.3 is 0 Å². The smallest absolute Gasteiger partial charge is 0.135 e. The molecule has 0 radical (unpaired) electrons. The normalized spacial score (nSPS) is 12.3. The van der Waals surface area contributed by atoms with E-state index in [0.717, 1.165) is 12.2 Å². The Kier molecular flexibility index (Phi) is 5.08. The lowest BCUT2D eigenvalue weighted by atomic mass is 9.91. The summed E-state index contributed by atoms with van der Waals surface area (Å²) >= 11 is 0. The number of benzene rings is 1. The minimum absolute atomic E-state index is 0.327. The Morgan fingerprint density at radius 3 is 2.53 bits per heavy atom. The van der Waals surface area contributed by atoms with E-state index in [-0.39, 0.29) is 0 Å². The predicted molar refractivity (Wildman–Crippen MR) is 79.2 cm³/mol. The highest BCUT2D eigenvalue weighted by Gasteiger charge is 2.16. The van der Waals surface area contributed by atoms with Gasteiger partial charge in [-0.15, -0.1) is 0 Å². The van der Waals surface area contributed by atoms with Crippen molar-refractivity contribution in [2.24, 2.45) is 0 Å². The van der Waals surface area contributed by atoms with Crippen LogP contribution in [0.15, 0.2) is 42.7 Å². The lowest BCUT2D eigenvalue weighted by molar-refractivity contribution is 0.597. The Labute approximate surface area is 115 Å². The standard InChI is InChI=1S/C17H22N2/c1-3-4-5-10-16(17-18-11-7-12-19-17)15-9-6-8-14(2)13-15/h6-9,11-13,16H,3-5,10H2,1-2H3. The van der Waals surface area contributed by atoms with Gasteiger partial charge in [0.05, 0.1) is 0 Å². The molecule has 2 heteroatoms. The molecule has 0 bridgehead atoms. The molecule has 1 unspecified atom stereocenters. The molecule has 2 aromatic rings. The largest absolute Gasteiger partial charge is 0.241 e. The fourth-order valence-electron chi connectivity index (χ4n) is 2.42. The van der Waals surface area contributed by atoms with Crippen molar-refractivity contribution in [3.63, 3.8) is 0 Å². The summed E-state index contributed by atoms with van der Waals surface area (Å²) in [5, 5.41) is 0. The number of rotatable bonds is 6. The quantitative estimate of drug-likeness (QED) is 0.709. The first-order chi connectivity index (χ1) is 9.31. The second kappa shape index (κ2) is 7.03. The summed E-state index contributed by atoms with van der Waals surface area (Å²) in [6.45, 7) is 4.37. The number of hydrogen-bond donors (Lipinski definition) is 0. The third-order valence-corrected chi connectivity index (χ3v) is 3.44. The van der Waals surface area contributed by atoms with Gasteiger partial charge in [-0.1, -0.05) is 56.0 Å². The average Bonchev–Trinajstić information content (AvgIpc) is 2.45. The summed E-state index contributed by atoms with van der Waals surface area (Å²) in [5.74, 6) is 1.27. The lowest BCUT2D eigenvalue weighted by Gasteiger charge is -2.16. The molecule has 0 amide bonds. The summed E-state index contributed by atoms with van der Waals surface area (Å²) in [5.41, 5.74) is 2.64. The summed E-state index contributed by atoms with van der Waals surface area (Å²) in [6.07, 6.45) is 8.55. The fraction of sp³-hybridized carbons (Fsp3) is 0.412. The van der Waals surface area contributed by atoms with Crippen LogP contribution in [0.25, 0.3) is 0 Å². The molecule has 0 spiro atoms. The van der Waals surface area contributed by atoms with Gasteiger partial charge in [-0.05, 0) is 25.0 Å². The molecule has 0 saturated carbocycles. The Morgan fingerprint density at radius 1 is 1.05 bits per heavy atom. The van der Waals surface area contributed by atoms with Crippen molar-refractivity contribution >= 4 is 0 Å². The Bertz CT molecular complexity index is 494. The summed E-state index contributed by atoms with van der Waals surface area (Å²) in [7, 11) is 0. The molecule has 0 aliphatic carbocycles. The van der Waals surface area contributed by atoms with Crippen LogP contribution in [0, 0.1) is 6.92 Å². The Hall–Kier alpha value is -1.70. The zero-order chi connectivity index (χ0) is 13.5. The van der Waals surface area contributed by atoms with Crippen LogP contribution in [0.5, 0.6) is 0 Å². The first kappa shape index (κ1) is 13.7. The molecule has 0 fully saturated rings. The average molecular weight is 254 g/mol. The minimum Gasteiger partial charge on any atom is -0.241 e. The van der Waals surface area contributed by atoms with E-state index in [1.807, 2.05) is 18.5 Å². The second-order valence-electron chi connectivity index (χ2n) is 5.07. The third kappa shape index (κ3) is 3.88. The molecule has 1 aromatic carbocycles. The van der Waals surface area contributed by atoms with Crippen LogP contribution in [0.3, 0.4) is 0 Å². The highest BCUT2D eigenvalue weighted by molar-refractivity contribution is 5.29. The van der Waals surface area contributed by atoms with E-state index in [1.165, 1.54) is 30.4 Å². The van der Waals surface area contributed by atoms with Crippen LogP contribution in [-0.4, -0.2) is 9.97 Å². The van der Waals surface area contributed by atoms with Gasteiger partial charge in [0, 0.05) is 18.3 Å². The van der Waals surface area contributed by atoms with E-state index in [9.17, 15) is 0 Å². The van der Waals surface area contributed by atoms with Crippen LogP contribution < -0.4 is 0 Å². The monoisotopic (exact) mass is 254 g/mol. The van der Waals surface area contributed by atoms with Gasteiger partial charge in [0.25, 0.3) is 0 Å². The van der Waals surface area contributed by atoms with Crippen molar-refractivity contribution in [1.82, 2.24) is 9.97 Å². The summed E-state index contributed by atoms with van der Waals surface area (Å²) < 4.78 is 0. The zero-order valence-electron chi connectivity index (χ0n) is 11.8. The van der Waals surface area contributed by atoms with Crippen LogP contribution in [0.2, 0.25) is 0 Å². The second-order valence-corrected chi connectivity index (χ2v) is 5.07. The van der Waals surface area contributed by atoms with Crippen LogP contribution in [0.4, 0.5) is 0 Å². The van der Waals surface area contributed by atoms with Crippen molar-refractivity contribution in [3.05, 3.63) is 59.7 Å². The van der Waals surface area contributed by atoms with Gasteiger partial charge < -0.3 is 0 Å².